The van der Waals surface area contributed by atoms with Gasteiger partial charge in [-0.05, 0) is 77.0 Å². The van der Waals surface area contributed by atoms with Crippen LogP contribution in [0.4, 0.5) is 0 Å². The van der Waals surface area contributed by atoms with Gasteiger partial charge in [0.25, 0.3) is 0 Å². The fraction of sp³-hybridized carbons (Fsp3) is 0.768. The maximum atomic E-state index is 12.8. The van der Waals surface area contributed by atoms with Crippen LogP contribution in [0.15, 0.2) is 60.8 Å². The predicted octanol–water partition coefficient (Wildman–Crippen LogP) is 17.3. The Morgan fingerprint density at radius 1 is 0.339 bits per heavy atom. The maximum Gasteiger partial charge on any atom is 0.306 e. The molecule has 0 saturated heterocycles. The lowest BCUT2D eigenvalue weighted by molar-refractivity contribution is -0.167. The highest BCUT2D eigenvalue weighted by molar-refractivity contribution is 5.71. The summed E-state index contributed by atoms with van der Waals surface area (Å²) in [5.74, 6) is -0.929. The van der Waals surface area contributed by atoms with E-state index in [-0.39, 0.29) is 31.1 Å². The zero-order valence-corrected chi connectivity index (χ0v) is 40.9. The minimum atomic E-state index is -0.792. The molecule has 0 radical (unpaired) electrons. The number of carbonyl (C=O) groups excluding carboxylic acids is 3. The van der Waals surface area contributed by atoms with Gasteiger partial charge in [0.15, 0.2) is 6.10 Å². The summed E-state index contributed by atoms with van der Waals surface area (Å²) in [6.07, 6.45) is 62.1. The topological polar surface area (TPSA) is 78.9 Å². The highest BCUT2D eigenvalue weighted by Crippen LogP contribution is 2.16. The first-order valence-corrected chi connectivity index (χ1v) is 26.3. The van der Waals surface area contributed by atoms with Gasteiger partial charge in [-0.3, -0.25) is 14.4 Å². The van der Waals surface area contributed by atoms with Gasteiger partial charge in [-0.15, -0.1) is 0 Å². The summed E-state index contributed by atoms with van der Waals surface area (Å²) < 4.78 is 16.8. The fourth-order valence-electron chi connectivity index (χ4n) is 7.30. The van der Waals surface area contributed by atoms with Gasteiger partial charge in [-0.2, -0.15) is 0 Å². The van der Waals surface area contributed by atoms with Gasteiger partial charge in [0.1, 0.15) is 13.2 Å². The van der Waals surface area contributed by atoms with Crippen LogP contribution in [-0.4, -0.2) is 37.2 Å². The van der Waals surface area contributed by atoms with Crippen LogP contribution in [0.5, 0.6) is 0 Å². The van der Waals surface area contributed by atoms with Crippen molar-refractivity contribution < 1.29 is 28.6 Å². The molecule has 0 aliphatic rings. The van der Waals surface area contributed by atoms with Crippen molar-refractivity contribution in [3.05, 3.63) is 60.8 Å². The van der Waals surface area contributed by atoms with E-state index in [1.54, 1.807) is 0 Å². The highest BCUT2D eigenvalue weighted by Gasteiger charge is 2.19. The van der Waals surface area contributed by atoms with E-state index in [9.17, 15) is 14.4 Å². The lowest BCUT2D eigenvalue weighted by Gasteiger charge is -2.18. The predicted molar refractivity (Wildman–Crippen MR) is 265 cm³/mol. The first-order chi connectivity index (χ1) is 30.5. The second-order valence-corrected chi connectivity index (χ2v) is 17.4. The number of rotatable bonds is 47. The average Bonchev–Trinajstić information content (AvgIpc) is 3.27. The summed E-state index contributed by atoms with van der Waals surface area (Å²) in [5, 5.41) is 0. The van der Waals surface area contributed by atoms with Crippen LogP contribution in [0.1, 0.15) is 258 Å². The van der Waals surface area contributed by atoms with Crippen molar-refractivity contribution in [2.24, 2.45) is 0 Å². The molecule has 0 aromatic rings. The SMILES string of the molecule is CC/C=C\C/C=C\C/C=C\C/C=C\CCCCCC(=O)OC(COC(=O)CCCCCC/C=C\CCCC)COC(=O)CCCCCCCCCCCCCCCCCCCC. The van der Waals surface area contributed by atoms with Crippen molar-refractivity contribution in [2.45, 2.75) is 264 Å². The largest absolute Gasteiger partial charge is 0.462 e. The van der Waals surface area contributed by atoms with Crippen LogP contribution in [-0.2, 0) is 28.6 Å². The normalized spacial score (nSPS) is 12.5. The molecule has 1 unspecified atom stereocenters. The molecule has 358 valence electrons. The van der Waals surface area contributed by atoms with Gasteiger partial charge in [0.2, 0.25) is 0 Å². The maximum absolute atomic E-state index is 12.8. The van der Waals surface area contributed by atoms with E-state index in [0.29, 0.717) is 19.3 Å². The van der Waals surface area contributed by atoms with Crippen LogP contribution >= 0.6 is 0 Å². The fourth-order valence-corrected chi connectivity index (χ4v) is 7.30. The third kappa shape index (κ3) is 48.1. The first-order valence-electron chi connectivity index (χ1n) is 26.3. The number of hydrogen-bond donors (Lipinski definition) is 0. The molecule has 0 rings (SSSR count). The summed E-state index contributed by atoms with van der Waals surface area (Å²) in [4.78, 5) is 37.9. The van der Waals surface area contributed by atoms with Gasteiger partial charge >= 0.3 is 17.9 Å². The standard InChI is InChI=1S/C56H98O6/c1-4-7-10-13-16-19-22-24-26-28-29-31-32-34-37-40-43-46-49-55(58)61-52-53(51-60-54(57)48-45-42-39-36-21-18-15-12-9-6-3)62-56(59)50-47-44-41-38-35-33-30-27-25-23-20-17-14-11-8-5-2/h8,11,15,17-18,20,25,27,33,35,53H,4-7,9-10,12-14,16,19,21-24,26,28-32,34,36-52H2,1-3H3/b11-8-,18-15-,20-17-,27-25-,35-33-. The summed E-state index contributed by atoms with van der Waals surface area (Å²) in [5.41, 5.74) is 0. The average molecular weight is 867 g/mol. The Morgan fingerprint density at radius 3 is 1.06 bits per heavy atom. The molecule has 0 bridgehead atoms. The molecule has 0 N–H and O–H groups in total. The molecular weight excluding hydrogens is 769 g/mol. The van der Waals surface area contributed by atoms with E-state index in [1.165, 1.54) is 109 Å². The number of unbranched alkanes of at least 4 members (excludes halogenated alkanes) is 26. The van der Waals surface area contributed by atoms with Crippen molar-refractivity contribution in [3.63, 3.8) is 0 Å². The van der Waals surface area contributed by atoms with Crippen molar-refractivity contribution >= 4 is 17.9 Å². The zero-order valence-electron chi connectivity index (χ0n) is 40.9. The zero-order chi connectivity index (χ0) is 45.1. The monoisotopic (exact) mass is 867 g/mol. The van der Waals surface area contributed by atoms with Crippen LogP contribution in [0, 0.1) is 0 Å². The number of ether oxygens (including phenoxy) is 3. The van der Waals surface area contributed by atoms with Gasteiger partial charge in [-0.25, -0.2) is 0 Å². The Bertz CT molecular complexity index is 1130. The van der Waals surface area contributed by atoms with Crippen LogP contribution in [0.3, 0.4) is 0 Å². The molecular formula is C56H98O6. The number of esters is 3. The molecule has 0 fully saturated rings. The molecule has 0 amide bonds. The Morgan fingerprint density at radius 2 is 0.645 bits per heavy atom. The molecule has 0 aliphatic heterocycles. The first kappa shape index (κ1) is 59.1. The minimum Gasteiger partial charge on any atom is -0.462 e. The van der Waals surface area contributed by atoms with E-state index in [4.69, 9.17) is 14.2 Å². The Balaban J connectivity index is 4.36. The van der Waals surface area contributed by atoms with E-state index in [1.807, 2.05) is 0 Å². The Hall–Kier alpha value is -2.89. The number of carbonyl (C=O) groups is 3. The molecule has 62 heavy (non-hydrogen) atoms. The van der Waals surface area contributed by atoms with E-state index in [0.717, 1.165) is 109 Å². The quantitative estimate of drug-likeness (QED) is 0.0262. The third-order valence-corrected chi connectivity index (χ3v) is 11.3. The number of allylic oxidation sites excluding steroid dienone is 10. The molecule has 0 heterocycles. The molecule has 0 spiro atoms. The van der Waals surface area contributed by atoms with Crippen molar-refractivity contribution in [1.29, 1.82) is 0 Å². The lowest BCUT2D eigenvalue weighted by Crippen LogP contribution is -2.30. The molecule has 0 aliphatic carbocycles. The smallest absolute Gasteiger partial charge is 0.306 e. The van der Waals surface area contributed by atoms with Crippen LogP contribution in [0.2, 0.25) is 0 Å². The van der Waals surface area contributed by atoms with Crippen molar-refractivity contribution in [3.8, 4) is 0 Å². The van der Waals surface area contributed by atoms with Crippen molar-refractivity contribution in [2.75, 3.05) is 13.2 Å². The van der Waals surface area contributed by atoms with Crippen LogP contribution in [0.25, 0.3) is 0 Å². The van der Waals surface area contributed by atoms with Crippen molar-refractivity contribution in [1.82, 2.24) is 0 Å². The van der Waals surface area contributed by atoms with E-state index >= 15 is 0 Å². The molecule has 0 saturated carbocycles. The van der Waals surface area contributed by atoms with Gasteiger partial charge in [0.05, 0.1) is 0 Å². The summed E-state index contributed by atoms with van der Waals surface area (Å²) in [7, 11) is 0. The van der Waals surface area contributed by atoms with Gasteiger partial charge in [0, 0.05) is 19.3 Å². The molecule has 0 aromatic carbocycles. The second-order valence-electron chi connectivity index (χ2n) is 17.4. The molecule has 6 heteroatoms. The molecule has 6 nitrogen and oxygen atoms in total. The highest BCUT2D eigenvalue weighted by atomic mass is 16.6. The molecule has 0 aromatic heterocycles. The Kier molecular flexibility index (Phi) is 48.4. The van der Waals surface area contributed by atoms with Crippen LogP contribution < -0.4 is 0 Å². The molecule has 1 atom stereocenters. The van der Waals surface area contributed by atoms with E-state index in [2.05, 4.69) is 81.5 Å². The van der Waals surface area contributed by atoms with E-state index < -0.39 is 6.10 Å². The summed E-state index contributed by atoms with van der Waals surface area (Å²) in [6.45, 7) is 6.46. The summed E-state index contributed by atoms with van der Waals surface area (Å²) >= 11 is 0. The second kappa shape index (κ2) is 50.8. The van der Waals surface area contributed by atoms with Gasteiger partial charge < -0.3 is 14.2 Å². The van der Waals surface area contributed by atoms with Gasteiger partial charge in [-0.1, -0.05) is 223 Å². The summed E-state index contributed by atoms with van der Waals surface area (Å²) in [6, 6.07) is 0. The minimum absolute atomic E-state index is 0.0888. The number of hydrogen-bond acceptors (Lipinski definition) is 6. The third-order valence-electron chi connectivity index (χ3n) is 11.3. The lowest BCUT2D eigenvalue weighted by atomic mass is 10.0. The Labute approximate surface area is 383 Å².